The number of phosphoric acid groups is 1. The fraction of sp³-hybridized carbons (Fsp3) is 0.727. The average molecular weight is 595 g/mol. The summed E-state index contributed by atoms with van der Waals surface area (Å²) in [5, 5.41) is 11.3. The van der Waals surface area contributed by atoms with E-state index in [4.69, 9.17) is 33.5 Å². The molecule has 2 heterocycles. The van der Waals surface area contributed by atoms with Gasteiger partial charge in [0, 0.05) is 11.6 Å². The van der Waals surface area contributed by atoms with Crippen molar-refractivity contribution in [2.75, 3.05) is 25.9 Å². The van der Waals surface area contributed by atoms with Gasteiger partial charge in [-0.15, -0.1) is 0 Å². The van der Waals surface area contributed by atoms with Crippen LogP contribution >= 0.6 is 7.82 Å². The first-order chi connectivity index (χ1) is 18.7. The minimum Gasteiger partial charge on any atom is -0.432 e. The van der Waals surface area contributed by atoms with Crippen LogP contribution in [0, 0.1) is 5.41 Å². The van der Waals surface area contributed by atoms with Crippen molar-refractivity contribution in [2.24, 2.45) is 5.41 Å². The molecule has 0 unspecified atom stereocenters. The standard InChI is InChI=1S/C22H31FN3O13P/c1-12(2)37-18(28)32-10-35-40(31,36-11-33-19(29)38-13(3)4)34-9-21-20(6-7-20)22(21,30)15(23)16(39-21)26-8-5-14(24)25-17(26)27/h5,8,12-13,15-16,30H,6-7,9-11H2,1-4H3,(H2,24,25,27)/t15-,16+,21-,22+/m0/s1. The summed E-state index contributed by atoms with van der Waals surface area (Å²) in [6.07, 6.45) is -5.12. The third-order valence-electron chi connectivity index (χ3n) is 6.77. The summed E-state index contributed by atoms with van der Waals surface area (Å²) in [7, 11) is -4.73. The fourth-order valence-corrected chi connectivity index (χ4v) is 5.85. The molecule has 18 heteroatoms. The first kappa shape index (κ1) is 30.1. The predicted octanol–water partition coefficient (Wildman–Crippen LogP) is 2.15. The Morgan fingerprint density at radius 2 is 1.70 bits per heavy atom. The molecule has 0 bridgehead atoms. The molecule has 4 rings (SSSR count). The molecule has 0 aromatic carbocycles. The lowest BCUT2D eigenvalue weighted by Gasteiger charge is -2.24. The summed E-state index contributed by atoms with van der Waals surface area (Å²) >= 11 is 0. The minimum atomic E-state index is -4.73. The molecular formula is C22H31FN3O13P. The molecule has 40 heavy (non-hydrogen) atoms. The second-order valence-corrected chi connectivity index (χ2v) is 11.6. The number of aromatic nitrogens is 2. The van der Waals surface area contributed by atoms with Crippen molar-refractivity contribution in [3.8, 4) is 0 Å². The highest BCUT2D eigenvalue weighted by atomic mass is 31.2. The SMILES string of the molecule is CC(C)OC(=O)OCOP(=O)(OCOC(=O)OC(C)C)OC[C@@]12O[C@@H](n3ccc(N)nc3=O)[C@H](F)[C@@]1(O)C21CC1. The largest absolute Gasteiger partial charge is 0.510 e. The molecule has 4 atom stereocenters. The van der Waals surface area contributed by atoms with E-state index in [9.17, 15) is 24.1 Å². The number of alkyl halides is 1. The maximum atomic E-state index is 15.6. The summed E-state index contributed by atoms with van der Waals surface area (Å²) in [5.74, 6) is -0.0931. The highest BCUT2D eigenvalue weighted by molar-refractivity contribution is 7.48. The molecule has 2 saturated carbocycles. The number of hydrogen-bond donors (Lipinski definition) is 2. The van der Waals surface area contributed by atoms with E-state index in [1.54, 1.807) is 27.7 Å². The third-order valence-corrected chi connectivity index (χ3v) is 8.06. The Labute approximate surface area is 227 Å². The number of fused-ring (bicyclic) bond motifs is 3. The molecule has 224 valence electrons. The van der Waals surface area contributed by atoms with E-state index < -0.39 is 87.2 Å². The number of aliphatic hydroxyl groups is 1. The molecule has 1 saturated heterocycles. The highest BCUT2D eigenvalue weighted by Crippen LogP contribution is 2.86. The van der Waals surface area contributed by atoms with Gasteiger partial charge in [-0.2, -0.15) is 4.98 Å². The zero-order chi connectivity index (χ0) is 29.5. The van der Waals surface area contributed by atoms with Gasteiger partial charge in [0.2, 0.25) is 13.6 Å². The number of hydrogen-bond acceptors (Lipinski definition) is 15. The smallest absolute Gasteiger partial charge is 0.432 e. The Kier molecular flexibility index (Phi) is 8.19. The summed E-state index contributed by atoms with van der Waals surface area (Å²) < 4.78 is 70.0. The number of rotatable bonds is 12. The first-order valence-corrected chi connectivity index (χ1v) is 13.8. The van der Waals surface area contributed by atoms with E-state index in [-0.39, 0.29) is 5.82 Å². The molecule has 0 amide bonds. The molecule has 3 aliphatic rings. The Balaban J connectivity index is 1.47. The molecule has 0 radical (unpaired) electrons. The van der Waals surface area contributed by atoms with Gasteiger partial charge >= 0.3 is 25.8 Å². The van der Waals surface area contributed by atoms with Crippen LogP contribution in [-0.4, -0.2) is 76.7 Å². The molecule has 2 aliphatic carbocycles. The van der Waals surface area contributed by atoms with Gasteiger partial charge in [0.05, 0.1) is 18.8 Å². The molecule has 1 aromatic rings. The summed E-state index contributed by atoms with van der Waals surface area (Å²) in [6.45, 7) is 3.60. The number of phosphoric ester groups is 1. The van der Waals surface area contributed by atoms with Crippen LogP contribution in [0.2, 0.25) is 0 Å². The van der Waals surface area contributed by atoms with Crippen LogP contribution in [-0.2, 0) is 41.8 Å². The molecule has 1 aliphatic heterocycles. The van der Waals surface area contributed by atoms with Crippen molar-refractivity contribution < 1.29 is 60.9 Å². The van der Waals surface area contributed by atoms with Crippen LogP contribution in [0.1, 0.15) is 46.8 Å². The zero-order valence-electron chi connectivity index (χ0n) is 22.1. The number of nitrogen functional groups attached to an aromatic ring is 1. The number of halogens is 1. The van der Waals surface area contributed by atoms with Crippen LogP contribution in [0.3, 0.4) is 0 Å². The van der Waals surface area contributed by atoms with Gasteiger partial charge in [-0.3, -0.25) is 9.09 Å². The quantitative estimate of drug-likeness (QED) is 0.202. The van der Waals surface area contributed by atoms with E-state index in [2.05, 4.69) is 14.5 Å². The average Bonchev–Trinajstić information content (AvgIpc) is 3.70. The topological polar surface area (TPSA) is 206 Å². The Hall–Kier alpha value is -2.82. The van der Waals surface area contributed by atoms with E-state index >= 15 is 4.39 Å². The second kappa shape index (κ2) is 10.9. The minimum absolute atomic E-state index is 0.0931. The molecule has 16 nitrogen and oxygen atoms in total. The van der Waals surface area contributed by atoms with Gasteiger partial charge in [-0.05, 0) is 46.6 Å². The molecule has 1 spiro atoms. The second-order valence-electron chi connectivity index (χ2n) is 9.96. The highest BCUT2D eigenvalue weighted by Gasteiger charge is 3.00. The predicted molar refractivity (Wildman–Crippen MR) is 128 cm³/mol. The van der Waals surface area contributed by atoms with Gasteiger partial charge in [-0.25, -0.2) is 32.4 Å². The number of ether oxygens (including phenoxy) is 5. The lowest BCUT2D eigenvalue weighted by atomic mass is 10.1. The van der Waals surface area contributed by atoms with Crippen molar-refractivity contribution >= 4 is 26.0 Å². The zero-order valence-corrected chi connectivity index (χ0v) is 23.0. The molecule has 3 fully saturated rings. The first-order valence-electron chi connectivity index (χ1n) is 12.3. The lowest BCUT2D eigenvalue weighted by molar-refractivity contribution is -0.101. The van der Waals surface area contributed by atoms with Gasteiger partial charge < -0.3 is 34.5 Å². The fourth-order valence-electron chi connectivity index (χ4n) is 4.93. The van der Waals surface area contributed by atoms with Crippen LogP contribution < -0.4 is 11.4 Å². The Morgan fingerprint density at radius 3 is 2.17 bits per heavy atom. The van der Waals surface area contributed by atoms with E-state index in [0.717, 1.165) is 4.57 Å². The van der Waals surface area contributed by atoms with Crippen molar-refractivity contribution in [1.29, 1.82) is 0 Å². The Bertz CT molecular complexity index is 1210. The van der Waals surface area contributed by atoms with Crippen molar-refractivity contribution in [2.45, 2.75) is 76.3 Å². The van der Waals surface area contributed by atoms with Crippen molar-refractivity contribution in [3.05, 3.63) is 22.7 Å². The van der Waals surface area contributed by atoms with Crippen LogP contribution in [0.4, 0.5) is 19.8 Å². The number of anilines is 1. The van der Waals surface area contributed by atoms with Crippen molar-refractivity contribution in [1.82, 2.24) is 9.55 Å². The molecule has 3 N–H and O–H groups in total. The number of nitrogens with zero attached hydrogens (tertiary/aromatic N) is 2. The maximum Gasteiger partial charge on any atom is 0.510 e. The molecule has 1 aromatic heterocycles. The Morgan fingerprint density at radius 1 is 1.15 bits per heavy atom. The number of nitrogens with two attached hydrogens (primary N) is 1. The van der Waals surface area contributed by atoms with Crippen LogP contribution in [0.25, 0.3) is 0 Å². The van der Waals surface area contributed by atoms with E-state index in [0.29, 0.717) is 12.8 Å². The van der Waals surface area contributed by atoms with Gasteiger partial charge in [0.15, 0.2) is 12.4 Å². The van der Waals surface area contributed by atoms with E-state index in [1.165, 1.54) is 12.3 Å². The summed E-state index contributed by atoms with van der Waals surface area (Å²) in [4.78, 5) is 39.1. The normalized spacial score (nSPS) is 27.9. The number of carbonyl (C=O) groups excluding carboxylic acids is 2. The van der Waals surface area contributed by atoms with Gasteiger partial charge in [0.1, 0.15) is 17.0 Å². The lowest BCUT2D eigenvalue weighted by Crippen LogP contribution is -2.37. The third kappa shape index (κ3) is 5.29. The van der Waals surface area contributed by atoms with Gasteiger partial charge in [-0.1, -0.05) is 0 Å². The van der Waals surface area contributed by atoms with Gasteiger partial charge in [0.25, 0.3) is 0 Å². The van der Waals surface area contributed by atoms with Crippen LogP contribution in [0.15, 0.2) is 17.1 Å². The maximum absolute atomic E-state index is 15.6. The van der Waals surface area contributed by atoms with Crippen LogP contribution in [0.5, 0.6) is 0 Å². The number of carbonyl (C=O) groups is 2. The van der Waals surface area contributed by atoms with E-state index in [1.807, 2.05) is 0 Å². The monoisotopic (exact) mass is 595 g/mol. The van der Waals surface area contributed by atoms with Crippen molar-refractivity contribution in [3.63, 3.8) is 0 Å². The summed E-state index contributed by atoms with van der Waals surface area (Å²) in [6, 6.07) is 1.26. The summed E-state index contributed by atoms with van der Waals surface area (Å²) in [5.41, 5.74) is -0.336. The molecular weight excluding hydrogens is 564 g/mol.